The number of fused-ring (bicyclic) bond motifs is 4. The van der Waals surface area contributed by atoms with Gasteiger partial charge in [-0.15, -0.1) is 0 Å². The number of piperidine rings is 1. The molecule has 26 heavy (non-hydrogen) atoms. The summed E-state index contributed by atoms with van der Waals surface area (Å²) < 4.78 is 1.18. The normalized spacial score (nSPS) is 22.3. The second-order valence-electron chi connectivity index (χ2n) is 7.24. The third-order valence-corrected chi connectivity index (χ3v) is 5.04. The predicted molar refractivity (Wildman–Crippen MR) is 95.6 cm³/mol. The number of allylic oxidation sites excluding steroid dienone is 1. The van der Waals surface area contributed by atoms with Crippen LogP contribution in [0.4, 0.5) is 0 Å². The Bertz CT molecular complexity index is 849. The summed E-state index contributed by atoms with van der Waals surface area (Å²) in [6.07, 6.45) is 5.02. The molecule has 0 saturated carbocycles. The van der Waals surface area contributed by atoms with E-state index >= 15 is 0 Å². The van der Waals surface area contributed by atoms with E-state index < -0.39 is 11.2 Å². The number of aromatic amines is 1. The van der Waals surface area contributed by atoms with Gasteiger partial charge in [0.2, 0.25) is 11.8 Å². The van der Waals surface area contributed by atoms with E-state index in [1.54, 1.807) is 4.90 Å². The van der Waals surface area contributed by atoms with Crippen LogP contribution in [-0.4, -0.2) is 56.8 Å². The molecule has 8 heteroatoms. The van der Waals surface area contributed by atoms with E-state index in [9.17, 15) is 19.2 Å². The van der Waals surface area contributed by atoms with Crippen molar-refractivity contribution in [3.8, 4) is 0 Å². The van der Waals surface area contributed by atoms with Crippen molar-refractivity contribution in [2.45, 2.75) is 39.3 Å². The number of nitrogens with zero attached hydrogens (tertiary/aromatic N) is 3. The number of carbonyl (C=O) groups excluding carboxylic acids is 2. The van der Waals surface area contributed by atoms with Gasteiger partial charge >= 0.3 is 5.69 Å². The summed E-state index contributed by atoms with van der Waals surface area (Å²) in [6, 6.07) is 1.22. The van der Waals surface area contributed by atoms with Gasteiger partial charge in [-0.1, -0.05) is 11.6 Å². The minimum atomic E-state index is -0.607. The van der Waals surface area contributed by atoms with Gasteiger partial charge in [-0.2, -0.15) is 0 Å². The van der Waals surface area contributed by atoms with E-state index in [4.69, 9.17) is 0 Å². The van der Waals surface area contributed by atoms with Crippen molar-refractivity contribution >= 4 is 11.8 Å². The van der Waals surface area contributed by atoms with Crippen molar-refractivity contribution in [2.75, 3.05) is 19.6 Å². The van der Waals surface area contributed by atoms with Crippen LogP contribution in [0.15, 0.2) is 33.5 Å². The molecule has 2 bridgehead atoms. The molecule has 0 unspecified atom stereocenters. The summed E-state index contributed by atoms with van der Waals surface area (Å²) in [6.45, 7) is 5.30. The molecule has 3 saturated heterocycles. The van der Waals surface area contributed by atoms with Gasteiger partial charge in [0.25, 0.3) is 5.56 Å². The van der Waals surface area contributed by atoms with E-state index in [0.29, 0.717) is 19.6 Å². The van der Waals surface area contributed by atoms with Crippen LogP contribution >= 0.6 is 0 Å². The fourth-order valence-electron chi connectivity index (χ4n) is 3.58. The molecule has 2 amide bonds. The third kappa shape index (κ3) is 3.79. The molecule has 0 aromatic carbocycles. The number of amides is 2. The molecule has 1 aromatic rings. The zero-order chi connectivity index (χ0) is 18.8. The smallest absolute Gasteiger partial charge is 0.328 e. The Kier molecular flexibility index (Phi) is 5.11. The Morgan fingerprint density at radius 1 is 1.23 bits per heavy atom. The van der Waals surface area contributed by atoms with Gasteiger partial charge in [-0.3, -0.25) is 23.9 Å². The highest BCUT2D eigenvalue weighted by atomic mass is 16.2. The van der Waals surface area contributed by atoms with E-state index in [2.05, 4.69) is 4.98 Å². The van der Waals surface area contributed by atoms with Crippen LogP contribution in [-0.2, 0) is 16.1 Å². The molecule has 0 radical (unpaired) electrons. The molecule has 1 aromatic heterocycles. The average molecular weight is 360 g/mol. The van der Waals surface area contributed by atoms with Gasteiger partial charge in [-0.25, -0.2) is 4.79 Å². The summed E-state index contributed by atoms with van der Waals surface area (Å²) >= 11 is 0. The number of nitrogens with one attached hydrogen (secondary N) is 1. The van der Waals surface area contributed by atoms with Crippen molar-refractivity contribution in [3.63, 3.8) is 0 Å². The summed E-state index contributed by atoms with van der Waals surface area (Å²) in [4.78, 5) is 54.0. The molecule has 4 rings (SSSR count). The number of carbonyl (C=O) groups is 2. The van der Waals surface area contributed by atoms with Gasteiger partial charge in [0, 0.05) is 37.9 Å². The number of rotatable bonds is 4. The fraction of sp³-hybridized carbons (Fsp3) is 0.556. The van der Waals surface area contributed by atoms with Gasteiger partial charge in [0.1, 0.15) is 6.54 Å². The van der Waals surface area contributed by atoms with Crippen LogP contribution in [0, 0.1) is 5.92 Å². The maximum atomic E-state index is 12.7. The lowest BCUT2D eigenvalue weighted by molar-refractivity contribution is -0.139. The quantitative estimate of drug-likeness (QED) is 0.762. The van der Waals surface area contributed by atoms with Crippen LogP contribution in [0.3, 0.4) is 0 Å². The van der Waals surface area contributed by atoms with Crippen molar-refractivity contribution in [1.82, 2.24) is 19.4 Å². The molecule has 3 aliphatic rings. The second kappa shape index (κ2) is 7.31. The van der Waals surface area contributed by atoms with Crippen LogP contribution in [0.25, 0.3) is 0 Å². The van der Waals surface area contributed by atoms with Crippen LogP contribution in [0.5, 0.6) is 0 Å². The van der Waals surface area contributed by atoms with Gasteiger partial charge in [0.05, 0.1) is 5.92 Å². The molecule has 3 aliphatic heterocycles. The first-order valence-corrected chi connectivity index (χ1v) is 8.86. The first-order valence-electron chi connectivity index (χ1n) is 8.86. The number of hydrogen-bond donors (Lipinski definition) is 1. The summed E-state index contributed by atoms with van der Waals surface area (Å²) in [5, 5.41) is 0. The molecule has 1 N–H and O–H groups in total. The highest BCUT2D eigenvalue weighted by Crippen LogP contribution is 2.29. The molecule has 140 valence electrons. The lowest BCUT2D eigenvalue weighted by Crippen LogP contribution is -2.48. The lowest BCUT2D eigenvalue weighted by atomic mass is 9.94. The summed E-state index contributed by atoms with van der Waals surface area (Å²) in [5.74, 6) is -0.293. The molecule has 3 fully saturated rings. The highest BCUT2D eigenvalue weighted by molar-refractivity contribution is 5.83. The molecular formula is C18H24N4O4. The Morgan fingerprint density at radius 2 is 2.00 bits per heavy atom. The first kappa shape index (κ1) is 18.2. The van der Waals surface area contributed by atoms with E-state index in [-0.39, 0.29) is 30.3 Å². The van der Waals surface area contributed by atoms with E-state index in [0.717, 1.165) is 18.4 Å². The van der Waals surface area contributed by atoms with Gasteiger partial charge in [-0.05, 0) is 26.7 Å². The minimum Gasteiger partial charge on any atom is -0.338 e. The second-order valence-corrected chi connectivity index (χ2v) is 7.24. The van der Waals surface area contributed by atoms with Crippen molar-refractivity contribution < 1.29 is 9.59 Å². The maximum Gasteiger partial charge on any atom is 0.328 e. The largest absolute Gasteiger partial charge is 0.338 e. The molecule has 4 heterocycles. The monoisotopic (exact) mass is 360 g/mol. The molecular weight excluding hydrogens is 336 g/mol. The van der Waals surface area contributed by atoms with Crippen LogP contribution in [0.1, 0.15) is 26.7 Å². The Morgan fingerprint density at radius 3 is 2.69 bits per heavy atom. The summed E-state index contributed by atoms with van der Waals surface area (Å²) in [5.41, 5.74) is 0.0558. The average Bonchev–Trinajstić information content (AvgIpc) is 2.87. The van der Waals surface area contributed by atoms with Gasteiger partial charge < -0.3 is 9.80 Å². The molecule has 2 atom stereocenters. The number of hydrogen-bond acceptors (Lipinski definition) is 4. The molecule has 8 nitrogen and oxygen atoms in total. The van der Waals surface area contributed by atoms with Crippen molar-refractivity contribution in [3.05, 3.63) is 44.8 Å². The molecule has 0 spiro atoms. The first-order chi connectivity index (χ1) is 12.3. The SMILES string of the molecule is CC(C)=CCN1C(=O)[C@@H]2CC[C@H]1CN(C(=O)Cn1ccc(=O)[nH]c1=O)C2. The third-order valence-electron chi connectivity index (χ3n) is 5.04. The topological polar surface area (TPSA) is 95.5 Å². The Labute approximate surface area is 151 Å². The fourth-order valence-corrected chi connectivity index (χ4v) is 3.58. The lowest BCUT2D eigenvalue weighted by Gasteiger charge is -2.35. The van der Waals surface area contributed by atoms with Crippen LogP contribution < -0.4 is 11.2 Å². The molecule has 0 aliphatic carbocycles. The zero-order valence-corrected chi connectivity index (χ0v) is 15.1. The van der Waals surface area contributed by atoms with E-state index in [1.165, 1.54) is 16.8 Å². The highest BCUT2D eigenvalue weighted by Gasteiger charge is 2.41. The minimum absolute atomic E-state index is 0.00750. The Hall–Kier alpha value is -2.64. The standard InChI is InChI=1S/C18H24N4O4/c1-12(2)5-8-22-14-4-3-13(17(22)25)9-21(10-14)16(24)11-20-7-6-15(23)19-18(20)26/h5-7,13-14H,3-4,8-11H2,1-2H3,(H,19,23,26)/t13-,14+/m1/s1. The number of H-pyrrole nitrogens is 1. The predicted octanol–water partition coefficient (Wildman–Crippen LogP) is -0.0478. The van der Waals surface area contributed by atoms with Crippen LogP contribution in [0.2, 0.25) is 0 Å². The van der Waals surface area contributed by atoms with Crippen molar-refractivity contribution in [2.24, 2.45) is 5.92 Å². The van der Waals surface area contributed by atoms with Gasteiger partial charge in [0.15, 0.2) is 0 Å². The van der Waals surface area contributed by atoms with Crippen molar-refractivity contribution in [1.29, 1.82) is 0 Å². The Balaban J connectivity index is 1.75. The summed E-state index contributed by atoms with van der Waals surface area (Å²) in [7, 11) is 0. The maximum absolute atomic E-state index is 12.7. The number of aromatic nitrogens is 2. The zero-order valence-electron chi connectivity index (χ0n) is 15.1. The van der Waals surface area contributed by atoms with E-state index in [1.807, 2.05) is 24.8 Å².